The van der Waals surface area contributed by atoms with Gasteiger partial charge < -0.3 is 10.2 Å². The summed E-state index contributed by atoms with van der Waals surface area (Å²) < 4.78 is 0. The molecular weight excluding hydrogens is 372 g/mol. The molecule has 1 aromatic rings. The molecule has 0 bridgehead atoms. The number of carbonyl (C=O) groups excluding carboxylic acids is 2. The van der Waals surface area contributed by atoms with Crippen LogP contribution in [0.5, 0.6) is 0 Å². The number of nitrogens with one attached hydrogen (secondary N) is 1. The summed E-state index contributed by atoms with van der Waals surface area (Å²) in [6.45, 7) is 4.77. The second-order valence-electron chi connectivity index (χ2n) is 10.6. The maximum absolute atomic E-state index is 13.2. The summed E-state index contributed by atoms with van der Waals surface area (Å²) in [4.78, 5) is 27.5. The fourth-order valence-electron chi connectivity index (χ4n) is 7.92. The number of benzene rings is 1. The first-order chi connectivity index (χ1) is 14.3. The lowest BCUT2D eigenvalue weighted by molar-refractivity contribution is -0.141. The Labute approximate surface area is 180 Å². The van der Waals surface area contributed by atoms with Crippen LogP contribution in [0.2, 0.25) is 0 Å². The van der Waals surface area contributed by atoms with Crippen molar-refractivity contribution < 1.29 is 9.59 Å². The van der Waals surface area contributed by atoms with Gasteiger partial charge in [-0.25, -0.2) is 0 Å². The summed E-state index contributed by atoms with van der Waals surface area (Å²) in [6.07, 6.45) is 10.7. The van der Waals surface area contributed by atoms with E-state index in [1.807, 2.05) is 42.3 Å². The van der Waals surface area contributed by atoms with Gasteiger partial charge in [-0.15, -0.1) is 0 Å². The Morgan fingerprint density at radius 1 is 1.03 bits per heavy atom. The molecule has 0 aromatic heterocycles. The van der Waals surface area contributed by atoms with E-state index in [-0.39, 0.29) is 28.6 Å². The molecule has 160 valence electrons. The molecule has 7 atom stereocenters. The van der Waals surface area contributed by atoms with E-state index in [0.717, 1.165) is 37.8 Å². The molecule has 1 aromatic carbocycles. The number of anilines is 1. The van der Waals surface area contributed by atoms with E-state index in [4.69, 9.17) is 0 Å². The molecule has 0 radical (unpaired) electrons. The minimum Gasteiger partial charge on any atom is -0.338 e. The third-order valence-corrected chi connectivity index (χ3v) is 9.49. The van der Waals surface area contributed by atoms with Crippen LogP contribution in [-0.2, 0) is 9.59 Å². The second-order valence-corrected chi connectivity index (χ2v) is 10.6. The lowest BCUT2D eigenvalue weighted by Crippen LogP contribution is -2.59. The molecule has 30 heavy (non-hydrogen) atoms. The van der Waals surface area contributed by atoms with E-state index >= 15 is 0 Å². The lowest BCUT2D eigenvalue weighted by Gasteiger charge is -2.60. The number of para-hydroxylation sites is 1. The van der Waals surface area contributed by atoms with Crippen molar-refractivity contribution in [3.8, 4) is 0 Å². The van der Waals surface area contributed by atoms with Crippen LogP contribution in [0.1, 0.15) is 52.4 Å². The fraction of sp³-hybridized carbons (Fsp3) is 0.615. The standard InChI is InChI=1S/C26H34N2O2/c1-25-15-13-20-18(9-12-22-26(20,2)16-14-23(29)28(22)3)19(25)10-11-21(25)24(30)27-17-7-5-4-6-8-17/h4-8,14,16,18-22H,9-13,15H2,1-3H3,(H,27,30)/t18?,19?,20?,21-,22?,25+,26-/m1/s1. The summed E-state index contributed by atoms with van der Waals surface area (Å²) in [7, 11) is 1.97. The van der Waals surface area contributed by atoms with Gasteiger partial charge in [0.15, 0.2) is 0 Å². The van der Waals surface area contributed by atoms with E-state index in [1.54, 1.807) is 6.08 Å². The molecule has 4 unspecified atom stereocenters. The predicted octanol–water partition coefficient (Wildman–Crippen LogP) is 4.88. The molecule has 4 nitrogen and oxygen atoms in total. The summed E-state index contributed by atoms with van der Waals surface area (Å²) in [5.41, 5.74) is 1.05. The third-order valence-electron chi connectivity index (χ3n) is 9.49. The van der Waals surface area contributed by atoms with Crippen LogP contribution in [0, 0.1) is 34.5 Å². The van der Waals surface area contributed by atoms with E-state index in [1.165, 1.54) is 6.42 Å². The van der Waals surface area contributed by atoms with Crippen LogP contribution < -0.4 is 5.32 Å². The summed E-state index contributed by atoms with van der Waals surface area (Å²) >= 11 is 0. The topological polar surface area (TPSA) is 49.4 Å². The molecule has 1 aliphatic heterocycles. The first kappa shape index (κ1) is 19.8. The molecule has 0 spiro atoms. The number of hydrogen-bond acceptors (Lipinski definition) is 2. The van der Waals surface area contributed by atoms with Gasteiger partial charge in [-0.2, -0.15) is 0 Å². The highest BCUT2D eigenvalue weighted by atomic mass is 16.2. The second kappa shape index (κ2) is 6.96. The SMILES string of the molecule is CN1C(=O)C=C[C@]2(C)C3CC[C@@]4(C)C(CC[C@@H]4C(=O)Nc4ccccc4)C3CCC12. The predicted molar refractivity (Wildman–Crippen MR) is 119 cm³/mol. The van der Waals surface area contributed by atoms with Crippen LogP contribution in [0.15, 0.2) is 42.5 Å². The van der Waals surface area contributed by atoms with Gasteiger partial charge in [0.1, 0.15) is 0 Å². The molecule has 0 saturated heterocycles. The highest BCUT2D eigenvalue weighted by Gasteiger charge is 2.61. The van der Waals surface area contributed by atoms with Crippen molar-refractivity contribution in [3.63, 3.8) is 0 Å². The quantitative estimate of drug-likeness (QED) is 0.761. The number of rotatable bonds is 2. The van der Waals surface area contributed by atoms with E-state index in [2.05, 4.69) is 25.2 Å². The van der Waals surface area contributed by atoms with Crippen molar-refractivity contribution in [2.45, 2.75) is 58.4 Å². The van der Waals surface area contributed by atoms with Crippen molar-refractivity contribution in [2.75, 3.05) is 12.4 Å². The molecular formula is C26H34N2O2. The van der Waals surface area contributed by atoms with Crippen LogP contribution >= 0.6 is 0 Å². The maximum Gasteiger partial charge on any atom is 0.246 e. The van der Waals surface area contributed by atoms with Crippen molar-refractivity contribution in [3.05, 3.63) is 42.5 Å². The maximum atomic E-state index is 13.2. The molecule has 4 heteroatoms. The zero-order valence-electron chi connectivity index (χ0n) is 18.4. The monoisotopic (exact) mass is 406 g/mol. The molecule has 3 saturated carbocycles. The molecule has 5 rings (SSSR count). The average molecular weight is 407 g/mol. The van der Waals surface area contributed by atoms with Gasteiger partial charge in [-0.1, -0.05) is 38.1 Å². The minimum atomic E-state index is 0.0668. The van der Waals surface area contributed by atoms with Crippen molar-refractivity contribution >= 4 is 17.5 Å². The van der Waals surface area contributed by atoms with Gasteiger partial charge in [-0.3, -0.25) is 9.59 Å². The minimum absolute atomic E-state index is 0.0668. The number of amides is 2. The van der Waals surface area contributed by atoms with Gasteiger partial charge in [0, 0.05) is 30.1 Å². The summed E-state index contributed by atoms with van der Waals surface area (Å²) in [5.74, 6) is 2.32. The summed E-state index contributed by atoms with van der Waals surface area (Å²) in [6, 6.07) is 10.2. The number of hydrogen-bond donors (Lipinski definition) is 1. The lowest BCUT2D eigenvalue weighted by atomic mass is 9.47. The Morgan fingerprint density at radius 2 is 1.80 bits per heavy atom. The fourth-order valence-corrected chi connectivity index (χ4v) is 7.92. The van der Waals surface area contributed by atoms with Crippen LogP contribution in [0.25, 0.3) is 0 Å². The molecule has 3 aliphatic carbocycles. The Balaban J connectivity index is 1.38. The highest BCUT2D eigenvalue weighted by Crippen LogP contribution is 2.65. The van der Waals surface area contributed by atoms with Gasteiger partial charge in [0.2, 0.25) is 11.8 Å². The Kier molecular flexibility index (Phi) is 4.61. The number of fused-ring (bicyclic) bond motifs is 5. The first-order valence-corrected chi connectivity index (χ1v) is 11.7. The third kappa shape index (κ3) is 2.79. The van der Waals surface area contributed by atoms with E-state index in [0.29, 0.717) is 23.8 Å². The molecule has 2 amide bonds. The normalized spacial score (nSPS) is 42.3. The molecule has 1 N–H and O–H groups in total. The van der Waals surface area contributed by atoms with Crippen molar-refractivity contribution in [1.82, 2.24) is 4.90 Å². The van der Waals surface area contributed by atoms with Crippen LogP contribution in [0.3, 0.4) is 0 Å². The zero-order chi connectivity index (χ0) is 21.1. The van der Waals surface area contributed by atoms with Crippen molar-refractivity contribution in [2.24, 2.45) is 34.5 Å². The first-order valence-electron chi connectivity index (χ1n) is 11.7. The van der Waals surface area contributed by atoms with Crippen molar-refractivity contribution in [1.29, 1.82) is 0 Å². The van der Waals surface area contributed by atoms with Crippen LogP contribution in [-0.4, -0.2) is 29.8 Å². The molecule has 4 aliphatic rings. The Morgan fingerprint density at radius 3 is 2.57 bits per heavy atom. The molecule has 1 heterocycles. The van der Waals surface area contributed by atoms with Gasteiger partial charge in [0.25, 0.3) is 0 Å². The van der Waals surface area contributed by atoms with E-state index < -0.39 is 0 Å². The largest absolute Gasteiger partial charge is 0.338 e. The Hall–Kier alpha value is -2.10. The summed E-state index contributed by atoms with van der Waals surface area (Å²) in [5, 5.41) is 3.18. The van der Waals surface area contributed by atoms with Gasteiger partial charge in [0.05, 0.1) is 0 Å². The van der Waals surface area contributed by atoms with Crippen LogP contribution in [0.4, 0.5) is 5.69 Å². The van der Waals surface area contributed by atoms with Gasteiger partial charge >= 0.3 is 0 Å². The highest BCUT2D eigenvalue weighted by molar-refractivity contribution is 5.93. The zero-order valence-corrected chi connectivity index (χ0v) is 18.4. The number of nitrogens with zero attached hydrogens (tertiary/aromatic N) is 1. The van der Waals surface area contributed by atoms with Gasteiger partial charge in [-0.05, 0) is 79.9 Å². The molecule has 3 fully saturated rings. The smallest absolute Gasteiger partial charge is 0.246 e. The number of likely N-dealkylation sites (N-methyl/N-ethyl adjacent to an activating group) is 1. The average Bonchev–Trinajstić information content (AvgIpc) is 3.09. The number of carbonyl (C=O) groups is 2. The Bertz CT molecular complexity index is 880. The van der Waals surface area contributed by atoms with E-state index in [9.17, 15) is 9.59 Å².